The first-order chi connectivity index (χ1) is 13.1. The van der Waals surface area contributed by atoms with Crippen LogP contribution in [0.1, 0.15) is 52.9 Å². The molecule has 134 valence electrons. The Morgan fingerprint density at radius 2 is 2.15 bits per heavy atom. The van der Waals surface area contributed by atoms with E-state index in [1.165, 1.54) is 12.1 Å². The van der Waals surface area contributed by atoms with Gasteiger partial charge in [0.25, 0.3) is 0 Å². The van der Waals surface area contributed by atoms with Crippen molar-refractivity contribution < 1.29 is 9.50 Å². The SMILES string of the molecule is Cc1cc(C2CC2)c(C(O)c2nc3cc(C#N)c(F)cc3[nH]2)c2cc[nH]c12. The fourth-order valence-electron chi connectivity index (χ4n) is 3.90. The average Bonchev–Trinajstić information content (AvgIpc) is 3.23. The molecule has 1 aliphatic rings. The minimum absolute atomic E-state index is 0.0583. The van der Waals surface area contributed by atoms with E-state index in [1.54, 1.807) is 0 Å². The number of aromatic nitrogens is 3. The summed E-state index contributed by atoms with van der Waals surface area (Å²) in [6.07, 6.45) is 3.15. The summed E-state index contributed by atoms with van der Waals surface area (Å²) in [7, 11) is 0. The Morgan fingerprint density at radius 3 is 2.89 bits per heavy atom. The van der Waals surface area contributed by atoms with Gasteiger partial charge < -0.3 is 15.1 Å². The van der Waals surface area contributed by atoms with Crippen LogP contribution in [0.15, 0.2) is 30.5 Å². The molecule has 0 bridgehead atoms. The van der Waals surface area contributed by atoms with Gasteiger partial charge in [-0.3, -0.25) is 0 Å². The van der Waals surface area contributed by atoms with Gasteiger partial charge in [-0.15, -0.1) is 0 Å². The molecule has 0 spiro atoms. The summed E-state index contributed by atoms with van der Waals surface area (Å²) in [4.78, 5) is 10.7. The van der Waals surface area contributed by atoms with E-state index in [1.807, 2.05) is 18.3 Å². The van der Waals surface area contributed by atoms with E-state index in [-0.39, 0.29) is 5.56 Å². The van der Waals surface area contributed by atoms with E-state index >= 15 is 0 Å². The van der Waals surface area contributed by atoms with Gasteiger partial charge in [0.05, 0.1) is 16.6 Å². The highest BCUT2D eigenvalue weighted by molar-refractivity contribution is 5.88. The van der Waals surface area contributed by atoms with Gasteiger partial charge in [-0.05, 0) is 48.9 Å². The number of aryl methyl sites for hydroxylation is 1. The number of nitrogens with zero attached hydrogens (tertiary/aromatic N) is 2. The minimum atomic E-state index is -0.958. The van der Waals surface area contributed by atoms with Gasteiger partial charge in [-0.2, -0.15) is 5.26 Å². The van der Waals surface area contributed by atoms with Crippen molar-refractivity contribution in [3.05, 3.63) is 64.4 Å². The van der Waals surface area contributed by atoms with Crippen LogP contribution in [0.2, 0.25) is 0 Å². The van der Waals surface area contributed by atoms with E-state index in [0.29, 0.717) is 22.8 Å². The smallest absolute Gasteiger partial charge is 0.143 e. The normalized spacial score (nSPS) is 15.3. The van der Waals surface area contributed by atoms with Crippen LogP contribution < -0.4 is 0 Å². The van der Waals surface area contributed by atoms with Crippen LogP contribution in [0, 0.1) is 24.1 Å². The zero-order valence-electron chi connectivity index (χ0n) is 14.7. The molecular formula is C21H17FN4O. The van der Waals surface area contributed by atoms with Crippen molar-refractivity contribution in [3.8, 4) is 6.07 Å². The van der Waals surface area contributed by atoms with Gasteiger partial charge in [-0.25, -0.2) is 9.37 Å². The van der Waals surface area contributed by atoms with Crippen LogP contribution in [0.25, 0.3) is 21.9 Å². The van der Waals surface area contributed by atoms with Crippen LogP contribution >= 0.6 is 0 Å². The molecular weight excluding hydrogens is 343 g/mol. The number of fused-ring (bicyclic) bond motifs is 2. The summed E-state index contributed by atoms with van der Waals surface area (Å²) < 4.78 is 13.9. The Bertz CT molecular complexity index is 1240. The maximum absolute atomic E-state index is 13.9. The third-order valence-corrected chi connectivity index (χ3v) is 5.37. The van der Waals surface area contributed by atoms with E-state index in [0.717, 1.165) is 40.4 Å². The molecule has 0 amide bonds. The van der Waals surface area contributed by atoms with Crippen molar-refractivity contribution in [1.82, 2.24) is 15.0 Å². The number of nitrogens with one attached hydrogen (secondary N) is 2. The van der Waals surface area contributed by atoms with Gasteiger partial charge in [0.1, 0.15) is 23.8 Å². The summed E-state index contributed by atoms with van der Waals surface area (Å²) in [5, 5.41) is 21.2. The zero-order valence-corrected chi connectivity index (χ0v) is 14.7. The molecule has 1 aliphatic carbocycles. The Kier molecular flexibility index (Phi) is 3.36. The molecule has 2 aromatic heterocycles. The Labute approximate surface area is 154 Å². The summed E-state index contributed by atoms with van der Waals surface area (Å²) in [5.41, 5.74) is 5.02. The van der Waals surface area contributed by atoms with E-state index in [4.69, 9.17) is 5.26 Å². The zero-order chi connectivity index (χ0) is 18.7. The van der Waals surface area contributed by atoms with E-state index < -0.39 is 11.9 Å². The second-order valence-electron chi connectivity index (χ2n) is 7.22. The number of rotatable bonds is 3. The first-order valence-electron chi connectivity index (χ1n) is 8.94. The number of nitriles is 1. The van der Waals surface area contributed by atoms with Gasteiger partial charge in [0.15, 0.2) is 0 Å². The van der Waals surface area contributed by atoms with Gasteiger partial charge in [-0.1, -0.05) is 6.07 Å². The molecule has 1 unspecified atom stereocenters. The van der Waals surface area contributed by atoms with Crippen molar-refractivity contribution in [1.29, 1.82) is 5.26 Å². The molecule has 0 aliphatic heterocycles. The molecule has 1 saturated carbocycles. The van der Waals surface area contributed by atoms with Crippen molar-refractivity contribution >= 4 is 21.9 Å². The fourth-order valence-corrected chi connectivity index (χ4v) is 3.90. The topological polar surface area (TPSA) is 88.5 Å². The number of aliphatic hydroxyl groups is 1. The number of halogens is 1. The minimum Gasteiger partial charge on any atom is -0.380 e. The summed E-state index contributed by atoms with van der Waals surface area (Å²) >= 11 is 0. The quantitative estimate of drug-likeness (QED) is 0.508. The Hall–Kier alpha value is -3.17. The van der Waals surface area contributed by atoms with Crippen LogP contribution in [-0.4, -0.2) is 20.1 Å². The highest BCUT2D eigenvalue weighted by Crippen LogP contribution is 2.46. The molecule has 1 atom stereocenters. The predicted octanol–water partition coefficient (Wildman–Crippen LogP) is 4.32. The summed E-state index contributed by atoms with van der Waals surface area (Å²) in [6, 6.07) is 8.59. The molecule has 6 heteroatoms. The van der Waals surface area contributed by atoms with Crippen molar-refractivity contribution in [2.75, 3.05) is 0 Å². The monoisotopic (exact) mass is 360 g/mol. The highest BCUT2D eigenvalue weighted by atomic mass is 19.1. The number of imidazole rings is 1. The van der Waals surface area contributed by atoms with Crippen molar-refractivity contribution in [2.24, 2.45) is 0 Å². The fraction of sp³-hybridized carbons (Fsp3) is 0.238. The molecule has 2 aromatic carbocycles. The Balaban J connectivity index is 1.70. The van der Waals surface area contributed by atoms with Gasteiger partial charge in [0, 0.05) is 28.7 Å². The first-order valence-corrected chi connectivity index (χ1v) is 8.94. The largest absolute Gasteiger partial charge is 0.380 e. The molecule has 0 radical (unpaired) electrons. The lowest BCUT2D eigenvalue weighted by Gasteiger charge is -2.17. The predicted molar refractivity (Wildman–Crippen MR) is 99.8 cm³/mol. The highest BCUT2D eigenvalue weighted by Gasteiger charge is 2.31. The van der Waals surface area contributed by atoms with E-state index in [9.17, 15) is 9.50 Å². The van der Waals surface area contributed by atoms with Gasteiger partial charge in [0.2, 0.25) is 0 Å². The van der Waals surface area contributed by atoms with Crippen LogP contribution in [0.5, 0.6) is 0 Å². The van der Waals surface area contributed by atoms with Crippen molar-refractivity contribution in [2.45, 2.75) is 31.8 Å². The molecule has 27 heavy (non-hydrogen) atoms. The number of hydrogen-bond donors (Lipinski definition) is 3. The number of H-pyrrole nitrogens is 2. The molecule has 3 N–H and O–H groups in total. The molecule has 5 nitrogen and oxygen atoms in total. The molecule has 2 heterocycles. The second kappa shape index (κ2) is 5.66. The van der Waals surface area contributed by atoms with Crippen LogP contribution in [0.4, 0.5) is 4.39 Å². The third kappa shape index (κ3) is 2.43. The van der Waals surface area contributed by atoms with Crippen molar-refractivity contribution in [3.63, 3.8) is 0 Å². The molecule has 4 aromatic rings. The lowest BCUT2D eigenvalue weighted by molar-refractivity contribution is 0.212. The number of hydrogen-bond acceptors (Lipinski definition) is 3. The summed E-state index contributed by atoms with van der Waals surface area (Å²) in [6.45, 7) is 2.06. The number of aliphatic hydroxyl groups excluding tert-OH is 1. The molecule has 0 saturated heterocycles. The van der Waals surface area contributed by atoms with Crippen LogP contribution in [0.3, 0.4) is 0 Å². The lowest BCUT2D eigenvalue weighted by Crippen LogP contribution is -2.06. The van der Waals surface area contributed by atoms with Crippen LogP contribution in [-0.2, 0) is 0 Å². The van der Waals surface area contributed by atoms with Gasteiger partial charge >= 0.3 is 0 Å². The number of benzene rings is 2. The maximum atomic E-state index is 13.9. The Morgan fingerprint density at radius 1 is 1.33 bits per heavy atom. The number of aromatic amines is 2. The standard InChI is InChI=1S/C21H17FN4O/c1-10-6-14(11-2-3-11)18(13-4-5-24-19(10)13)20(27)21-25-16-7-12(9-23)15(22)8-17(16)26-21/h4-8,11,20,24,27H,2-3H2,1H3,(H,25,26). The second-order valence-corrected chi connectivity index (χ2v) is 7.22. The lowest BCUT2D eigenvalue weighted by atomic mass is 9.92. The molecule has 1 fully saturated rings. The van der Waals surface area contributed by atoms with E-state index in [2.05, 4.69) is 27.9 Å². The maximum Gasteiger partial charge on any atom is 0.143 e. The third-order valence-electron chi connectivity index (χ3n) is 5.37. The average molecular weight is 360 g/mol. The summed E-state index contributed by atoms with van der Waals surface area (Å²) in [5.74, 6) is 0.212. The first kappa shape index (κ1) is 16.0. The molecule has 5 rings (SSSR count).